The summed E-state index contributed by atoms with van der Waals surface area (Å²) >= 11 is 0. The lowest BCUT2D eigenvalue weighted by Gasteiger charge is -2.22. The summed E-state index contributed by atoms with van der Waals surface area (Å²) in [5.74, 6) is 2.19. The number of aliphatic imine (C=N–C) groups is 1. The topological polar surface area (TPSA) is 39.7 Å². The summed E-state index contributed by atoms with van der Waals surface area (Å²) in [4.78, 5) is 5.61. The minimum absolute atomic E-state index is 0.0595. The summed E-state index contributed by atoms with van der Waals surface area (Å²) < 4.78 is 16.2. The van der Waals surface area contributed by atoms with Crippen molar-refractivity contribution in [1.82, 2.24) is 4.57 Å². The van der Waals surface area contributed by atoms with Crippen molar-refractivity contribution >= 4 is 61.4 Å². The maximum absolute atomic E-state index is 6.88. The minimum Gasteiger partial charge on any atom is -0.485 e. The molecule has 0 bridgehead atoms. The van der Waals surface area contributed by atoms with Crippen LogP contribution in [0.2, 0.25) is 0 Å². The normalized spacial score (nSPS) is 19.6. The Labute approximate surface area is 473 Å². The van der Waals surface area contributed by atoms with Crippen molar-refractivity contribution in [2.75, 3.05) is 0 Å². The van der Waals surface area contributed by atoms with Crippen LogP contribution < -0.4 is 4.74 Å². The van der Waals surface area contributed by atoms with Gasteiger partial charge in [0, 0.05) is 56.8 Å². The van der Waals surface area contributed by atoms with Crippen LogP contribution in [0.25, 0.3) is 94.8 Å². The summed E-state index contributed by atoms with van der Waals surface area (Å²) in [6.07, 6.45) is 21.6. The Morgan fingerprint density at radius 2 is 1.22 bits per heavy atom. The van der Waals surface area contributed by atoms with Crippen molar-refractivity contribution in [3.05, 3.63) is 288 Å². The molecule has 4 aliphatic rings. The Hall–Kier alpha value is -9.51. The van der Waals surface area contributed by atoms with Crippen molar-refractivity contribution in [1.29, 1.82) is 0 Å². The number of fused-ring (bicyclic) bond motifs is 9. The largest absolute Gasteiger partial charge is 0.485 e. The number of allylic oxidation sites excluding steroid dienone is 6. The van der Waals surface area contributed by atoms with Gasteiger partial charge in [-0.05, 0) is 148 Å². The Kier molecular flexibility index (Phi) is 12.4. The first-order chi connectivity index (χ1) is 40.1. The van der Waals surface area contributed by atoms with Crippen LogP contribution in [0.4, 0.5) is 0 Å². The summed E-state index contributed by atoms with van der Waals surface area (Å²) in [6, 6.07) is 77.4. The maximum Gasteiger partial charge on any atom is 0.135 e. The molecule has 4 heteroatoms. The van der Waals surface area contributed by atoms with E-state index in [0.717, 1.165) is 72.6 Å². The highest BCUT2D eigenvalue weighted by Gasteiger charge is 2.37. The van der Waals surface area contributed by atoms with Gasteiger partial charge in [0.25, 0.3) is 0 Å². The van der Waals surface area contributed by atoms with E-state index in [9.17, 15) is 0 Å². The highest BCUT2D eigenvalue weighted by atomic mass is 16.5. The molecule has 2 aliphatic carbocycles. The molecule has 0 amide bonds. The van der Waals surface area contributed by atoms with Crippen molar-refractivity contribution in [2.45, 2.75) is 57.5 Å². The van der Waals surface area contributed by atoms with Crippen LogP contribution in [0.1, 0.15) is 84.1 Å². The standard InChI is InChI=1S/C77H60N2O2/c1-2-50-49-68(55-38-36-53(37-39-55)51-20-6-3-7-21-51)78-67(54-24-10-5-11-25-54)32-15-12-28-60(50)63-31-19-35-73-75(63)66-48-58(41-44-72(66)81-73)56-26-18-27-59(46-56)61-42-45-74-76(64-30-14-17-34-71(64)80-74)77(61)79-69-33-16-13-29-62(69)65-47-57(40-43-70(65)79)52-22-8-4-9-23-52/h3-11,13-14,16-31,33-40,42-43,45-50,64,71H,2,12,15,32,41,44H2,1H3/b60-28+,68-49-,78-67+. The molecule has 390 valence electrons. The molecule has 0 N–H and O–H groups in total. The number of para-hydroxylation sites is 1. The number of rotatable bonds is 9. The highest BCUT2D eigenvalue weighted by molar-refractivity contribution is 6.12. The van der Waals surface area contributed by atoms with Crippen LogP contribution in [0.3, 0.4) is 0 Å². The average molecular weight is 1050 g/mol. The van der Waals surface area contributed by atoms with Gasteiger partial charge in [-0.25, -0.2) is 0 Å². The lowest BCUT2D eigenvalue weighted by atomic mass is 9.83. The second kappa shape index (κ2) is 20.6. The molecule has 15 rings (SSSR count). The van der Waals surface area contributed by atoms with Gasteiger partial charge in [-0.15, -0.1) is 0 Å². The van der Waals surface area contributed by atoms with Gasteiger partial charge in [0.05, 0.1) is 22.4 Å². The van der Waals surface area contributed by atoms with E-state index in [-0.39, 0.29) is 17.9 Å². The van der Waals surface area contributed by atoms with E-state index >= 15 is 0 Å². The molecule has 0 spiro atoms. The molecule has 9 aromatic carbocycles. The number of hydrogen-bond acceptors (Lipinski definition) is 3. The molecule has 3 atom stereocenters. The molecular weight excluding hydrogens is 985 g/mol. The third-order valence-electron chi connectivity index (χ3n) is 17.3. The van der Waals surface area contributed by atoms with Crippen molar-refractivity contribution in [2.24, 2.45) is 10.9 Å². The number of hydrogen-bond donors (Lipinski definition) is 0. The predicted molar refractivity (Wildman–Crippen MR) is 338 cm³/mol. The van der Waals surface area contributed by atoms with Crippen molar-refractivity contribution < 1.29 is 9.15 Å². The van der Waals surface area contributed by atoms with Crippen molar-refractivity contribution in [3.63, 3.8) is 0 Å². The monoisotopic (exact) mass is 1040 g/mol. The minimum atomic E-state index is -0.0595. The van der Waals surface area contributed by atoms with E-state index in [0.29, 0.717) is 0 Å². The number of nitrogens with zero attached hydrogens (tertiary/aromatic N) is 2. The Morgan fingerprint density at radius 1 is 0.543 bits per heavy atom. The van der Waals surface area contributed by atoms with Gasteiger partial charge in [-0.3, -0.25) is 4.99 Å². The number of benzene rings is 9. The lowest BCUT2D eigenvalue weighted by molar-refractivity contribution is 0.269. The van der Waals surface area contributed by atoms with Crippen LogP contribution in [0.15, 0.2) is 258 Å². The Bertz CT molecular complexity index is 4430. The van der Waals surface area contributed by atoms with Crippen LogP contribution in [-0.4, -0.2) is 16.4 Å². The first-order valence-corrected chi connectivity index (χ1v) is 29.0. The molecule has 81 heavy (non-hydrogen) atoms. The molecule has 2 aromatic heterocycles. The Balaban J connectivity index is 0.843. The van der Waals surface area contributed by atoms with E-state index in [2.05, 4.69) is 266 Å². The molecule has 3 unspecified atom stereocenters. The maximum atomic E-state index is 6.88. The van der Waals surface area contributed by atoms with Gasteiger partial charge in [0.2, 0.25) is 0 Å². The third-order valence-corrected chi connectivity index (χ3v) is 17.3. The summed E-state index contributed by atoms with van der Waals surface area (Å²) in [5.41, 5.74) is 23.6. The molecule has 11 aromatic rings. The number of aryl methyl sites for hydroxylation is 1. The van der Waals surface area contributed by atoms with E-state index in [1.54, 1.807) is 0 Å². The summed E-state index contributed by atoms with van der Waals surface area (Å²) in [7, 11) is 0. The highest BCUT2D eigenvalue weighted by Crippen LogP contribution is 2.51. The Morgan fingerprint density at radius 3 is 2.04 bits per heavy atom. The van der Waals surface area contributed by atoms with E-state index in [4.69, 9.17) is 14.1 Å². The number of aromatic nitrogens is 1. The van der Waals surface area contributed by atoms with Crippen LogP contribution in [0, 0.1) is 5.92 Å². The fourth-order valence-electron chi connectivity index (χ4n) is 13.3. The first-order valence-electron chi connectivity index (χ1n) is 29.0. The van der Waals surface area contributed by atoms with Crippen LogP contribution in [-0.2, 0) is 6.42 Å². The zero-order valence-electron chi connectivity index (χ0n) is 45.4. The molecule has 0 saturated heterocycles. The fourth-order valence-corrected chi connectivity index (χ4v) is 13.3. The predicted octanol–water partition coefficient (Wildman–Crippen LogP) is 20.1. The number of ether oxygens (including phenoxy) is 1. The second-order valence-corrected chi connectivity index (χ2v) is 22.1. The van der Waals surface area contributed by atoms with Crippen LogP contribution in [0.5, 0.6) is 5.75 Å². The molecular formula is C77H60N2O2. The SMILES string of the molecule is CCC1/C=C(c2ccc(-c3ccccc3)cc2)\N=C(\c2ccccc2)CCC/C=C\1c1cccc2oc3c(c12)C=C(c1cccc(-c2ccc4c(c2-n2c5ccccc5c5cc(-c6ccccc6)ccc52)C2C=CC=CC2O4)c1)CC3. The van der Waals surface area contributed by atoms with Crippen LogP contribution >= 0.6 is 0 Å². The molecule has 0 saturated carbocycles. The molecule has 0 fully saturated rings. The van der Waals surface area contributed by atoms with Gasteiger partial charge < -0.3 is 13.7 Å². The summed E-state index contributed by atoms with van der Waals surface area (Å²) in [6.45, 7) is 2.32. The summed E-state index contributed by atoms with van der Waals surface area (Å²) in [5, 5.41) is 3.66. The first kappa shape index (κ1) is 48.6. The van der Waals surface area contributed by atoms with Gasteiger partial charge in [0.15, 0.2) is 0 Å². The average Bonchev–Trinajstić information content (AvgIpc) is 4.43. The second-order valence-electron chi connectivity index (χ2n) is 22.1. The van der Waals surface area contributed by atoms with Gasteiger partial charge >= 0.3 is 0 Å². The van der Waals surface area contributed by atoms with Gasteiger partial charge in [-0.1, -0.05) is 207 Å². The lowest BCUT2D eigenvalue weighted by Crippen LogP contribution is -2.16. The van der Waals surface area contributed by atoms with E-state index in [1.807, 2.05) is 0 Å². The zero-order valence-corrected chi connectivity index (χ0v) is 45.4. The third kappa shape index (κ3) is 8.74. The zero-order chi connectivity index (χ0) is 53.8. The van der Waals surface area contributed by atoms with E-state index < -0.39 is 0 Å². The molecule has 4 nitrogen and oxygen atoms in total. The molecule has 0 radical (unpaired) electrons. The van der Waals surface area contributed by atoms with E-state index in [1.165, 1.54) is 105 Å². The van der Waals surface area contributed by atoms with Gasteiger partial charge in [-0.2, -0.15) is 0 Å². The molecule has 4 heterocycles. The molecule has 2 aliphatic heterocycles. The fraction of sp³-hybridized carbons (Fsp3) is 0.130. The van der Waals surface area contributed by atoms with Gasteiger partial charge in [0.1, 0.15) is 23.2 Å². The smallest absolute Gasteiger partial charge is 0.135 e. The number of furan rings is 1. The quantitative estimate of drug-likeness (QED) is 0.145. The van der Waals surface area contributed by atoms with Crippen molar-refractivity contribution in [3.8, 4) is 44.8 Å².